The van der Waals surface area contributed by atoms with E-state index in [1.54, 1.807) is 11.3 Å². The number of nitrogen functional groups attached to an aromatic ring is 1. The van der Waals surface area contributed by atoms with Gasteiger partial charge in [-0.1, -0.05) is 30.3 Å². The summed E-state index contributed by atoms with van der Waals surface area (Å²) >= 11 is 1.59. The summed E-state index contributed by atoms with van der Waals surface area (Å²) in [7, 11) is 0. The van der Waals surface area contributed by atoms with Crippen molar-refractivity contribution in [1.82, 2.24) is 4.98 Å². The minimum atomic E-state index is 0.388. The van der Waals surface area contributed by atoms with Gasteiger partial charge in [-0.05, 0) is 24.6 Å². The normalized spacial score (nSPS) is 11.0. The molecule has 3 N–H and O–H groups in total. The Kier molecular flexibility index (Phi) is 3.00. The molecule has 0 radical (unpaired) electrons. The van der Waals surface area contributed by atoms with Crippen LogP contribution in [-0.2, 0) is 0 Å². The second kappa shape index (κ2) is 5.04. The number of nitrogens with one attached hydrogen (secondary N) is 1. The van der Waals surface area contributed by atoms with Crippen LogP contribution in [0, 0.1) is 18.3 Å². The molecule has 0 spiro atoms. The lowest BCUT2D eigenvalue weighted by Crippen LogP contribution is -2.14. The third-order valence-electron chi connectivity index (χ3n) is 3.87. The highest BCUT2D eigenvalue weighted by Crippen LogP contribution is 2.39. The molecule has 0 amide bonds. The molecular formula is C18H13N4S+. The molecule has 0 fully saturated rings. The van der Waals surface area contributed by atoms with E-state index in [0.717, 1.165) is 37.3 Å². The van der Waals surface area contributed by atoms with Crippen LogP contribution in [0.15, 0.2) is 42.5 Å². The number of pyridine rings is 2. The van der Waals surface area contributed by atoms with Crippen LogP contribution in [0.2, 0.25) is 0 Å². The SMILES string of the molecule is Cc1ccc2c(n1)sc1c(-c3ccccc3)c(C#N)c(N)[nH+]c12. The average Bonchev–Trinajstić information content (AvgIpc) is 2.91. The number of aryl methyl sites for hydroxylation is 1. The number of nitrogens with zero attached hydrogens (tertiary/aromatic N) is 2. The number of aromatic amines is 1. The molecule has 4 rings (SSSR count). The molecule has 0 saturated heterocycles. The second-order valence-corrected chi connectivity index (χ2v) is 6.38. The van der Waals surface area contributed by atoms with Crippen molar-refractivity contribution >= 4 is 37.6 Å². The molecule has 110 valence electrons. The molecule has 5 heteroatoms. The van der Waals surface area contributed by atoms with Crippen molar-refractivity contribution in [2.75, 3.05) is 5.73 Å². The van der Waals surface area contributed by atoms with Crippen molar-refractivity contribution in [3.05, 3.63) is 53.7 Å². The smallest absolute Gasteiger partial charge is 0.286 e. The molecule has 23 heavy (non-hydrogen) atoms. The van der Waals surface area contributed by atoms with Gasteiger partial charge in [0.25, 0.3) is 5.82 Å². The maximum absolute atomic E-state index is 9.58. The maximum Gasteiger partial charge on any atom is 0.289 e. The third-order valence-corrected chi connectivity index (χ3v) is 4.99. The lowest BCUT2D eigenvalue weighted by atomic mass is 10.0. The lowest BCUT2D eigenvalue weighted by molar-refractivity contribution is -0.325. The number of hydrogen-bond acceptors (Lipinski definition) is 4. The van der Waals surface area contributed by atoms with Crippen molar-refractivity contribution < 1.29 is 4.98 Å². The minimum absolute atomic E-state index is 0.388. The van der Waals surface area contributed by atoms with Gasteiger partial charge in [0, 0.05) is 11.3 Å². The Morgan fingerprint density at radius 1 is 1.17 bits per heavy atom. The zero-order valence-corrected chi connectivity index (χ0v) is 13.2. The molecule has 1 aromatic carbocycles. The first kappa shape index (κ1) is 13.7. The zero-order chi connectivity index (χ0) is 16.0. The molecule has 0 atom stereocenters. The average molecular weight is 317 g/mol. The molecule has 3 heterocycles. The van der Waals surface area contributed by atoms with Crippen molar-refractivity contribution in [1.29, 1.82) is 5.26 Å². The molecule has 0 aliphatic rings. The molecule has 0 aliphatic heterocycles. The summed E-state index contributed by atoms with van der Waals surface area (Å²) in [4.78, 5) is 8.74. The van der Waals surface area contributed by atoms with E-state index in [1.165, 1.54) is 0 Å². The van der Waals surface area contributed by atoms with E-state index in [4.69, 9.17) is 5.73 Å². The number of rotatable bonds is 1. The van der Waals surface area contributed by atoms with E-state index < -0.39 is 0 Å². The summed E-state index contributed by atoms with van der Waals surface area (Å²) in [6.07, 6.45) is 0. The Labute approximate surface area is 136 Å². The summed E-state index contributed by atoms with van der Waals surface area (Å²) < 4.78 is 1.01. The number of nitrogens with two attached hydrogens (primary N) is 1. The zero-order valence-electron chi connectivity index (χ0n) is 12.4. The maximum atomic E-state index is 9.58. The summed E-state index contributed by atoms with van der Waals surface area (Å²) in [6.45, 7) is 1.97. The van der Waals surface area contributed by atoms with E-state index >= 15 is 0 Å². The highest BCUT2D eigenvalue weighted by molar-refractivity contribution is 7.25. The van der Waals surface area contributed by atoms with Gasteiger partial charge < -0.3 is 0 Å². The first-order valence-corrected chi connectivity index (χ1v) is 8.01. The van der Waals surface area contributed by atoms with Gasteiger partial charge in [0.1, 0.15) is 16.5 Å². The summed E-state index contributed by atoms with van der Waals surface area (Å²) in [5.74, 6) is 0.388. The number of benzene rings is 1. The van der Waals surface area contributed by atoms with E-state index in [-0.39, 0.29) is 0 Å². The minimum Gasteiger partial charge on any atom is -0.286 e. The molecule has 0 unspecified atom stereocenters. The van der Waals surface area contributed by atoms with Gasteiger partial charge in [-0.3, -0.25) is 5.73 Å². The van der Waals surface area contributed by atoms with Gasteiger partial charge >= 0.3 is 0 Å². The Balaban J connectivity index is 2.22. The number of nitriles is 1. The van der Waals surface area contributed by atoms with Gasteiger partial charge in [-0.25, -0.2) is 9.97 Å². The van der Waals surface area contributed by atoms with Crippen LogP contribution in [0.1, 0.15) is 11.3 Å². The fourth-order valence-electron chi connectivity index (χ4n) is 2.81. The van der Waals surface area contributed by atoms with Crippen LogP contribution in [0.4, 0.5) is 5.82 Å². The number of anilines is 1. The Bertz CT molecular complexity index is 1090. The van der Waals surface area contributed by atoms with E-state index in [1.807, 2.05) is 49.4 Å². The van der Waals surface area contributed by atoms with Crippen LogP contribution < -0.4 is 10.7 Å². The Morgan fingerprint density at radius 2 is 1.96 bits per heavy atom. The quantitative estimate of drug-likeness (QED) is 0.581. The van der Waals surface area contributed by atoms with Crippen LogP contribution in [-0.4, -0.2) is 4.98 Å². The number of H-pyrrole nitrogens is 1. The highest BCUT2D eigenvalue weighted by atomic mass is 32.1. The van der Waals surface area contributed by atoms with Crippen molar-refractivity contribution in [3.8, 4) is 17.2 Å². The van der Waals surface area contributed by atoms with Gasteiger partial charge in [-0.15, -0.1) is 11.3 Å². The molecule has 4 aromatic rings. The first-order chi connectivity index (χ1) is 11.2. The second-order valence-electron chi connectivity index (χ2n) is 5.38. The molecule has 0 saturated carbocycles. The van der Waals surface area contributed by atoms with Crippen LogP contribution >= 0.6 is 11.3 Å². The van der Waals surface area contributed by atoms with E-state index in [2.05, 4.69) is 16.0 Å². The molecule has 3 aromatic heterocycles. The van der Waals surface area contributed by atoms with Crippen molar-refractivity contribution in [3.63, 3.8) is 0 Å². The van der Waals surface area contributed by atoms with Crippen molar-refractivity contribution in [2.24, 2.45) is 0 Å². The summed E-state index contributed by atoms with van der Waals surface area (Å²) in [5.41, 5.74) is 10.4. The molecule has 0 aliphatic carbocycles. The first-order valence-electron chi connectivity index (χ1n) is 7.19. The topological polar surface area (TPSA) is 76.8 Å². The summed E-state index contributed by atoms with van der Waals surface area (Å²) in [6, 6.07) is 16.2. The number of hydrogen-bond donors (Lipinski definition) is 1. The summed E-state index contributed by atoms with van der Waals surface area (Å²) in [5, 5.41) is 10.6. The molecule has 4 nitrogen and oxygen atoms in total. The van der Waals surface area contributed by atoms with Gasteiger partial charge in [0.05, 0.1) is 10.1 Å². The Hall–Kier alpha value is -2.97. The lowest BCUT2D eigenvalue weighted by Gasteiger charge is -2.05. The molecule has 0 bridgehead atoms. The highest BCUT2D eigenvalue weighted by Gasteiger charge is 2.22. The van der Waals surface area contributed by atoms with Gasteiger partial charge in [0.2, 0.25) is 0 Å². The fourth-order valence-corrected chi connectivity index (χ4v) is 4.06. The van der Waals surface area contributed by atoms with Crippen molar-refractivity contribution in [2.45, 2.75) is 6.92 Å². The monoisotopic (exact) mass is 317 g/mol. The van der Waals surface area contributed by atoms with E-state index in [0.29, 0.717) is 11.4 Å². The predicted octanol–water partition coefficient (Wildman–Crippen LogP) is 3.69. The molecular weight excluding hydrogens is 304 g/mol. The fraction of sp³-hybridized carbons (Fsp3) is 0.0556. The number of fused-ring (bicyclic) bond motifs is 3. The standard InChI is InChI=1S/C18H12N4S/c1-10-7-8-12-15-16(23-18(12)21-10)14(11-5-3-2-4-6-11)13(9-19)17(20)22-15/h2-8H,1H3,(H2,20,22)/p+1. The Morgan fingerprint density at radius 3 is 2.70 bits per heavy atom. The largest absolute Gasteiger partial charge is 0.289 e. The van der Waals surface area contributed by atoms with Crippen LogP contribution in [0.3, 0.4) is 0 Å². The number of thiophene rings is 1. The van der Waals surface area contributed by atoms with Crippen LogP contribution in [0.25, 0.3) is 31.6 Å². The van der Waals surface area contributed by atoms with E-state index in [9.17, 15) is 5.26 Å². The third kappa shape index (κ3) is 2.04. The predicted molar refractivity (Wildman–Crippen MR) is 93.0 cm³/mol. The number of aromatic nitrogens is 2. The van der Waals surface area contributed by atoms with Gasteiger partial charge in [-0.2, -0.15) is 5.26 Å². The van der Waals surface area contributed by atoms with Gasteiger partial charge in [0.15, 0.2) is 5.52 Å². The van der Waals surface area contributed by atoms with Crippen LogP contribution in [0.5, 0.6) is 0 Å².